The number of likely N-dealkylation sites (N-methyl/N-ethyl adjacent to an activating group) is 1. The number of hydrogen-bond donors (Lipinski definition) is 1. The van der Waals surface area contributed by atoms with Crippen LogP contribution in [0.15, 0.2) is 41.3 Å². The maximum absolute atomic E-state index is 13.1. The van der Waals surface area contributed by atoms with E-state index < -0.39 is 15.9 Å². The van der Waals surface area contributed by atoms with Crippen LogP contribution in [0.5, 0.6) is 5.75 Å². The van der Waals surface area contributed by atoms with Gasteiger partial charge in [-0.15, -0.1) is 0 Å². The first-order chi connectivity index (χ1) is 13.7. The Morgan fingerprint density at radius 3 is 2.21 bits per heavy atom. The van der Waals surface area contributed by atoms with Crippen molar-refractivity contribution in [1.82, 2.24) is 9.21 Å². The van der Waals surface area contributed by atoms with Crippen molar-refractivity contribution in [2.24, 2.45) is 0 Å². The molecule has 0 unspecified atom stereocenters. The van der Waals surface area contributed by atoms with Gasteiger partial charge in [0.15, 0.2) is 0 Å². The van der Waals surface area contributed by atoms with E-state index in [9.17, 15) is 13.2 Å². The molecular weight excluding hydrogens is 390 g/mol. The van der Waals surface area contributed by atoms with E-state index in [1.807, 2.05) is 39.1 Å². The fraction of sp³-hybridized carbons (Fsp3) is 0.381. The van der Waals surface area contributed by atoms with Crippen molar-refractivity contribution in [2.45, 2.75) is 18.7 Å². The predicted molar refractivity (Wildman–Crippen MR) is 113 cm³/mol. The lowest BCUT2D eigenvalue weighted by atomic mass is 10.1. The van der Waals surface area contributed by atoms with E-state index in [1.165, 1.54) is 29.6 Å². The lowest BCUT2D eigenvalue weighted by molar-refractivity contribution is 0.102. The van der Waals surface area contributed by atoms with Gasteiger partial charge < -0.3 is 15.0 Å². The van der Waals surface area contributed by atoms with Crippen LogP contribution in [0.2, 0.25) is 0 Å². The molecule has 0 radical (unpaired) electrons. The summed E-state index contributed by atoms with van der Waals surface area (Å²) < 4.78 is 32.9. The molecule has 7 nitrogen and oxygen atoms in total. The number of piperazine rings is 1. The van der Waals surface area contributed by atoms with E-state index >= 15 is 0 Å². The number of methoxy groups -OCH3 is 1. The Balaban J connectivity index is 1.91. The van der Waals surface area contributed by atoms with Gasteiger partial charge in [0, 0.05) is 31.9 Å². The Kier molecular flexibility index (Phi) is 6.26. The Labute approximate surface area is 172 Å². The lowest BCUT2D eigenvalue weighted by Crippen LogP contribution is -2.47. The monoisotopic (exact) mass is 417 g/mol. The summed E-state index contributed by atoms with van der Waals surface area (Å²) in [4.78, 5) is 15.1. The van der Waals surface area contributed by atoms with E-state index in [0.717, 1.165) is 11.1 Å². The van der Waals surface area contributed by atoms with Crippen molar-refractivity contribution < 1.29 is 17.9 Å². The summed E-state index contributed by atoms with van der Waals surface area (Å²) in [6, 6.07) is 10.1. The van der Waals surface area contributed by atoms with Crippen LogP contribution in [0.3, 0.4) is 0 Å². The third-order valence-corrected chi connectivity index (χ3v) is 6.89. The second-order valence-electron chi connectivity index (χ2n) is 7.40. The number of anilines is 1. The van der Waals surface area contributed by atoms with E-state index in [1.54, 1.807) is 0 Å². The van der Waals surface area contributed by atoms with Gasteiger partial charge in [0.1, 0.15) is 5.75 Å². The van der Waals surface area contributed by atoms with E-state index in [-0.39, 0.29) is 10.5 Å². The van der Waals surface area contributed by atoms with Crippen molar-refractivity contribution in [3.63, 3.8) is 0 Å². The van der Waals surface area contributed by atoms with Crippen molar-refractivity contribution in [2.75, 3.05) is 45.7 Å². The van der Waals surface area contributed by atoms with Gasteiger partial charge in [0.25, 0.3) is 5.91 Å². The Bertz CT molecular complexity index is 992. The molecule has 1 aliphatic heterocycles. The minimum Gasteiger partial charge on any atom is -0.496 e. The maximum atomic E-state index is 13.1. The third-order valence-electron chi connectivity index (χ3n) is 5.00. The molecule has 0 spiro atoms. The highest BCUT2D eigenvalue weighted by atomic mass is 32.2. The first-order valence-electron chi connectivity index (χ1n) is 9.47. The molecule has 3 rings (SSSR count). The fourth-order valence-electron chi connectivity index (χ4n) is 3.45. The van der Waals surface area contributed by atoms with Gasteiger partial charge in [-0.1, -0.05) is 6.07 Å². The normalized spacial score (nSPS) is 15.9. The summed E-state index contributed by atoms with van der Waals surface area (Å²) in [5, 5.41) is 2.84. The molecule has 0 aliphatic carbocycles. The molecular formula is C21H27N3O4S. The fourth-order valence-corrected chi connectivity index (χ4v) is 4.90. The first kappa shape index (κ1) is 21.3. The van der Waals surface area contributed by atoms with Gasteiger partial charge in [-0.3, -0.25) is 4.79 Å². The number of aryl methyl sites for hydroxylation is 2. The molecule has 1 saturated heterocycles. The third kappa shape index (κ3) is 4.77. The van der Waals surface area contributed by atoms with Gasteiger partial charge >= 0.3 is 0 Å². The zero-order chi connectivity index (χ0) is 21.2. The Morgan fingerprint density at radius 2 is 1.62 bits per heavy atom. The average Bonchev–Trinajstić information content (AvgIpc) is 2.67. The standard InChI is InChI=1S/C21H27N3O4S/c1-15-11-16(2)13-17(12-15)22-21(25)19-14-18(5-6-20(19)28-4)29(26,27)24-9-7-23(3)8-10-24/h5-6,11-14H,7-10H2,1-4H3,(H,22,25). The minimum atomic E-state index is -3.68. The first-order valence-corrected chi connectivity index (χ1v) is 10.9. The lowest BCUT2D eigenvalue weighted by Gasteiger charge is -2.31. The quantitative estimate of drug-likeness (QED) is 0.809. The van der Waals surface area contributed by atoms with Crippen LogP contribution in [0.1, 0.15) is 21.5 Å². The van der Waals surface area contributed by atoms with Crippen LogP contribution < -0.4 is 10.1 Å². The van der Waals surface area contributed by atoms with Crippen LogP contribution in [0, 0.1) is 13.8 Å². The van der Waals surface area contributed by atoms with Crippen molar-refractivity contribution in [3.05, 3.63) is 53.1 Å². The number of amides is 1. The van der Waals surface area contributed by atoms with Crippen LogP contribution in [0.25, 0.3) is 0 Å². The number of benzene rings is 2. The van der Waals surface area contributed by atoms with Crippen molar-refractivity contribution in [3.8, 4) is 5.75 Å². The van der Waals surface area contributed by atoms with E-state index in [4.69, 9.17) is 4.74 Å². The Morgan fingerprint density at radius 1 is 1.00 bits per heavy atom. The summed E-state index contributed by atoms with van der Waals surface area (Å²) in [5.41, 5.74) is 2.89. The summed E-state index contributed by atoms with van der Waals surface area (Å²) >= 11 is 0. The number of sulfonamides is 1. The molecule has 1 aliphatic rings. The summed E-state index contributed by atoms with van der Waals surface area (Å²) in [6.07, 6.45) is 0. The molecule has 1 N–H and O–H groups in total. The molecule has 1 fully saturated rings. The van der Waals surface area contributed by atoms with E-state index in [2.05, 4.69) is 10.2 Å². The van der Waals surface area contributed by atoms with Gasteiger partial charge in [-0.25, -0.2) is 8.42 Å². The number of rotatable bonds is 5. The molecule has 1 heterocycles. The molecule has 29 heavy (non-hydrogen) atoms. The number of nitrogens with one attached hydrogen (secondary N) is 1. The second-order valence-corrected chi connectivity index (χ2v) is 9.34. The van der Waals surface area contributed by atoms with Crippen LogP contribution >= 0.6 is 0 Å². The minimum absolute atomic E-state index is 0.0911. The molecule has 8 heteroatoms. The SMILES string of the molecule is COc1ccc(S(=O)(=O)N2CCN(C)CC2)cc1C(=O)Nc1cc(C)cc(C)c1. The van der Waals surface area contributed by atoms with Gasteiger partial charge in [-0.05, 0) is 62.4 Å². The van der Waals surface area contributed by atoms with Crippen molar-refractivity contribution >= 4 is 21.6 Å². The van der Waals surface area contributed by atoms with E-state index in [0.29, 0.717) is 37.6 Å². The summed E-state index contributed by atoms with van der Waals surface area (Å²) in [6.45, 7) is 6.10. The van der Waals surface area contributed by atoms with Gasteiger partial charge in [0.05, 0.1) is 17.6 Å². The molecule has 1 amide bonds. The number of carbonyl (C=O) groups excluding carboxylic acids is 1. The highest BCUT2D eigenvalue weighted by molar-refractivity contribution is 7.89. The number of ether oxygens (including phenoxy) is 1. The van der Waals surface area contributed by atoms with Crippen LogP contribution in [-0.2, 0) is 10.0 Å². The number of carbonyl (C=O) groups is 1. The molecule has 156 valence electrons. The topological polar surface area (TPSA) is 79.0 Å². The molecule has 0 bridgehead atoms. The number of nitrogens with zero attached hydrogens (tertiary/aromatic N) is 2. The summed E-state index contributed by atoms with van der Waals surface area (Å²) in [5.74, 6) is -0.0912. The largest absolute Gasteiger partial charge is 0.496 e. The highest BCUT2D eigenvalue weighted by Gasteiger charge is 2.29. The Hall–Kier alpha value is -2.42. The second kappa shape index (κ2) is 8.52. The molecule has 2 aromatic rings. The number of hydrogen-bond acceptors (Lipinski definition) is 5. The predicted octanol–water partition coefficient (Wildman–Crippen LogP) is 2.50. The van der Waals surface area contributed by atoms with Crippen LogP contribution in [-0.4, -0.2) is 63.9 Å². The van der Waals surface area contributed by atoms with Gasteiger partial charge in [0.2, 0.25) is 10.0 Å². The zero-order valence-corrected chi connectivity index (χ0v) is 18.0. The molecule has 2 aromatic carbocycles. The zero-order valence-electron chi connectivity index (χ0n) is 17.2. The van der Waals surface area contributed by atoms with Gasteiger partial charge in [-0.2, -0.15) is 4.31 Å². The van der Waals surface area contributed by atoms with Crippen molar-refractivity contribution in [1.29, 1.82) is 0 Å². The highest BCUT2D eigenvalue weighted by Crippen LogP contribution is 2.26. The van der Waals surface area contributed by atoms with Crippen LogP contribution in [0.4, 0.5) is 5.69 Å². The molecule has 0 saturated carbocycles. The smallest absolute Gasteiger partial charge is 0.259 e. The molecule has 0 atom stereocenters. The average molecular weight is 418 g/mol. The maximum Gasteiger partial charge on any atom is 0.259 e. The summed E-state index contributed by atoms with van der Waals surface area (Å²) in [7, 11) is -0.261. The molecule has 0 aromatic heterocycles.